The van der Waals surface area contributed by atoms with Crippen molar-refractivity contribution in [1.29, 1.82) is 0 Å². The third-order valence-electron chi connectivity index (χ3n) is 4.63. The van der Waals surface area contributed by atoms with E-state index in [-0.39, 0.29) is 29.9 Å². The highest BCUT2D eigenvalue weighted by Crippen LogP contribution is 2.25. The van der Waals surface area contributed by atoms with Gasteiger partial charge in [0.15, 0.2) is 0 Å². The van der Waals surface area contributed by atoms with Gasteiger partial charge in [0, 0.05) is 12.8 Å². The lowest BCUT2D eigenvalue weighted by molar-refractivity contribution is -0.155. The van der Waals surface area contributed by atoms with Gasteiger partial charge in [-0.05, 0) is 24.7 Å². The number of rotatable bonds is 15. The number of unbranched alkanes of at least 4 members (excludes halogenated alkanes) is 7. The SMILES string of the molecule is CCCCCCCCCCOC(=O)CCCC(=O)OC(CC)C(C)(C)C. The maximum Gasteiger partial charge on any atom is 0.306 e. The maximum absolute atomic E-state index is 11.9. The van der Waals surface area contributed by atoms with E-state index in [9.17, 15) is 9.59 Å². The second kappa shape index (κ2) is 15.0. The van der Waals surface area contributed by atoms with E-state index in [0.29, 0.717) is 19.4 Å². The third kappa shape index (κ3) is 14.1. The molecule has 26 heavy (non-hydrogen) atoms. The average molecular weight is 371 g/mol. The highest BCUT2D eigenvalue weighted by Gasteiger charge is 2.26. The van der Waals surface area contributed by atoms with E-state index in [1.807, 2.05) is 6.92 Å². The summed E-state index contributed by atoms with van der Waals surface area (Å²) in [6.07, 6.45) is 11.6. The fourth-order valence-corrected chi connectivity index (χ4v) is 2.96. The molecule has 4 nitrogen and oxygen atoms in total. The van der Waals surface area contributed by atoms with Crippen molar-refractivity contribution < 1.29 is 19.1 Å². The molecule has 0 aromatic heterocycles. The van der Waals surface area contributed by atoms with Crippen LogP contribution in [0.3, 0.4) is 0 Å². The smallest absolute Gasteiger partial charge is 0.306 e. The quantitative estimate of drug-likeness (QED) is 0.254. The van der Waals surface area contributed by atoms with Crippen LogP contribution >= 0.6 is 0 Å². The van der Waals surface area contributed by atoms with Gasteiger partial charge in [-0.1, -0.05) is 79.6 Å². The summed E-state index contributed by atoms with van der Waals surface area (Å²) < 4.78 is 10.7. The van der Waals surface area contributed by atoms with Gasteiger partial charge in [0.2, 0.25) is 0 Å². The zero-order valence-electron chi connectivity index (χ0n) is 17.9. The van der Waals surface area contributed by atoms with Crippen molar-refractivity contribution in [2.45, 2.75) is 118 Å². The molecule has 0 aromatic rings. The van der Waals surface area contributed by atoms with E-state index in [0.717, 1.165) is 19.3 Å². The van der Waals surface area contributed by atoms with Crippen molar-refractivity contribution in [3.05, 3.63) is 0 Å². The van der Waals surface area contributed by atoms with Crippen molar-refractivity contribution in [3.8, 4) is 0 Å². The molecule has 0 N–H and O–H groups in total. The monoisotopic (exact) mass is 370 g/mol. The first-order chi connectivity index (χ1) is 12.3. The van der Waals surface area contributed by atoms with Crippen LogP contribution in [0.15, 0.2) is 0 Å². The molecular formula is C22H42O4. The first kappa shape index (κ1) is 24.9. The minimum atomic E-state index is -0.220. The first-order valence-corrected chi connectivity index (χ1v) is 10.7. The molecule has 0 saturated heterocycles. The maximum atomic E-state index is 11.9. The Hall–Kier alpha value is -1.06. The lowest BCUT2D eigenvalue weighted by Crippen LogP contribution is -2.31. The van der Waals surface area contributed by atoms with Crippen LogP contribution in [0.1, 0.15) is 112 Å². The third-order valence-corrected chi connectivity index (χ3v) is 4.63. The minimum Gasteiger partial charge on any atom is -0.466 e. The second-order valence-corrected chi connectivity index (χ2v) is 8.30. The fraction of sp³-hybridized carbons (Fsp3) is 0.909. The van der Waals surface area contributed by atoms with Crippen LogP contribution in [0.2, 0.25) is 0 Å². The molecule has 0 aromatic carbocycles. The summed E-state index contributed by atoms with van der Waals surface area (Å²) in [5.74, 6) is -0.425. The van der Waals surface area contributed by atoms with E-state index < -0.39 is 0 Å². The molecule has 154 valence electrons. The Kier molecular flexibility index (Phi) is 14.4. The summed E-state index contributed by atoms with van der Waals surface area (Å²) in [7, 11) is 0. The molecule has 0 bridgehead atoms. The molecule has 0 aliphatic heterocycles. The van der Waals surface area contributed by atoms with Gasteiger partial charge in [-0.2, -0.15) is 0 Å². The normalized spacial score (nSPS) is 12.7. The van der Waals surface area contributed by atoms with Gasteiger partial charge >= 0.3 is 11.9 Å². The minimum absolute atomic E-state index is 0.0562. The molecule has 0 aliphatic rings. The van der Waals surface area contributed by atoms with E-state index in [1.54, 1.807) is 0 Å². The summed E-state index contributed by atoms with van der Waals surface area (Å²) >= 11 is 0. The van der Waals surface area contributed by atoms with E-state index >= 15 is 0 Å². The number of ether oxygens (including phenoxy) is 2. The largest absolute Gasteiger partial charge is 0.466 e. The van der Waals surface area contributed by atoms with Gasteiger partial charge in [0.25, 0.3) is 0 Å². The Bertz CT molecular complexity index is 371. The van der Waals surface area contributed by atoms with Crippen LogP contribution in [0, 0.1) is 5.41 Å². The Morgan fingerprint density at radius 2 is 1.31 bits per heavy atom. The molecule has 1 unspecified atom stereocenters. The van der Waals surface area contributed by atoms with Gasteiger partial charge in [0.1, 0.15) is 6.10 Å². The Morgan fingerprint density at radius 3 is 1.85 bits per heavy atom. The summed E-state index contributed by atoms with van der Waals surface area (Å²) in [6, 6.07) is 0. The topological polar surface area (TPSA) is 52.6 Å². The van der Waals surface area contributed by atoms with Gasteiger partial charge in [0.05, 0.1) is 6.61 Å². The highest BCUT2D eigenvalue weighted by molar-refractivity contribution is 5.72. The molecule has 4 heteroatoms. The molecule has 0 heterocycles. The lowest BCUT2D eigenvalue weighted by Gasteiger charge is -2.29. The Labute approximate surface area is 161 Å². The van der Waals surface area contributed by atoms with E-state index in [4.69, 9.17) is 9.47 Å². The van der Waals surface area contributed by atoms with E-state index in [1.165, 1.54) is 38.5 Å². The van der Waals surface area contributed by atoms with Crippen molar-refractivity contribution in [2.75, 3.05) is 6.61 Å². The summed E-state index contributed by atoms with van der Waals surface area (Å²) in [6.45, 7) is 10.9. The van der Waals surface area contributed by atoms with Gasteiger partial charge in [-0.15, -0.1) is 0 Å². The standard InChI is InChI=1S/C22H42O4/c1-6-8-9-10-11-12-13-14-18-25-20(23)16-15-17-21(24)26-19(7-2)22(3,4)5/h19H,6-18H2,1-5H3. The summed E-state index contributed by atoms with van der Waals surface area (Å²) in [5, 5.41) is 0. The van der Waals surface area contributed by atoms with Gasteiger partial charge in [-0.3, -0.25) is 9.59 Å². The summed E-state index contributed by atoms with van der Waals surface area (Å²) in [5.41, 5.74) is -0.0562. The molecule has 0 spiro atoms. The zero-order valence-corrected chi connectivity index (χ0v) is 17.9. The van der Waals surface area contributed by atoms with Crippen molar-refractivity contribution in [3.63, 3.8) is 0 Å². The van der Waals surface area contributed by atoms with Crippen LogP contribution < -0.4 is 0 Å². The predicted octanol–water partition coefficient (Wildman–Crippen LogP) is 6.21. The average Bonchev–Trinajstić information content (AvgIpc) is 2.57. The molecular weight excluding hydrogens is 328 g/mol. The number of carbonyl (C=O) groups is 2. The Morgan fingerprint density at radius 1 is 0.769 bits per heavy atom. The molecule has 0 radical (unpaired) electrons. The molecule has 1 atom stereocenters. The summed E-state index contributed by atoms with van der Waals surface area (Å²) in [4.78, 5) is 23.6. The van der Waals surface area contributed by atoms with Crippen LogP contribution in [0.25, 0.3) is 0 Å². The van der Waals surface area contributed by atoms with E-state index in [2.05, 4.69) is 27.7 Å². The molecule has 0 amide bonds. The highest BCUT2D eigenvalue weighted by atomic mass is 16.5. The lowest BCUT2D eigenvalue weighted by atomic mass is 9.87. The van der Waals surface area contributed by atoms with Gasteiger partial charge in [-0.25, -0.2) is 0 Å². The van der Waals surface area contributed by atoms with Crippen LogP contribution in [-0.2, 0) is 19.1 Å². The fourth-order valence-electron chi connectivity index (χ4n) is 2.96. The van der Waals surface area contributed by atoms with Crippen LogP contribution in [0.5, 0.6) is 0 Å². The Balaban J connectivity index is 3.61. The molecule has 0 fully saturated rings. The molecule has 0 saturated carbocycles. The van der Waals surface area contributed by atoms with Gasteiger partial charge < -0.3 is 9.47 Å². The first-order valence-electron chi connectivity index (χ1n) is 10.7. The van der Waals surface area contributed by atoms with Crippen LogP contribution in [-0.4, -0.2) is 24.6 Å². The van der Waals surface area contributed by atoms with Crippen molar-refractivity contribution >= 4 is 11.9 Å². The molecule has 0 aliphatic carbocycles. The zero-order chi connectivity index (χ0) is 19.8. The van der Waals surface area contributed by atoms with Crippen LogP contribution in [0.4, 0.5) is 0 Å². The van der Waals surface area contributed by atoms with Crippen molar-refractivity contribution in [1.82, 2.24) is 0 Å². The molecule has 0 rings (SSSR count). The number of esters is 2. The van der Waals surface area contributed by atoms with Crippen molar-refractivity contribution in [2.24, 2.45) is 5.41 Å². The predicted molar refractivity (Wildman–Crippen MR) is 107 cm³/mol. The number of hydrogen-bond donors (Lipinski definition) is 0. The number of carbonyl (C=O) groups excluding carboxylic acids is 2. The number of hydrogen-bond acceptors (Lipinski definition) is 4. The second-order valence-electron chi connectivity index (χ2n) is 8.30.